The van der Waals surface area contributed by atoms with Crippen LogP contribution in [0.15, 0.2) is 109 Å². The number of carbonyl (C=O) groups excluding carboxylic acids is 4. The summed E-state index contributed by atoms with van der Waals surface area (Å²) in [5.74, 6) is 5.86. The van der Waals surface area contributed by atoms with Crippen LogP contribution in [0.1, 0.15) is 117 Å². The number of aliphatic hydroxyl groups is 1. The van der Waals surface area contributed by atoms with Crippen molar-refractivity contribution in [3.8, 4) is 34.2 Å². The maximum absolute atomic E-state index is 13.1. The quantitative estimate of drug-likeness (QED) is 0.0348. The number of unbranched alkanes of at least 4 members (excludes halogenated alkanes) is 4. The maximum atomic E-state index is 13.1. The molecule has 6 aromatic rings. The molecule has 13 heteroatoms. The second-order valence-electron chi connectivity index (χ2n) is 18.5. The number of hydrogen-bond donors (Lipinski definition) is 5. The molecule has 1 unspecified atom stereocenters. The third kappa shape index (κ3) is 10.7. The normalized spacial score (nSPS) is 17.8. The van der Waals surface area contributed by atoms with Gasteiger partial charge in [-0.1, -0.05) is 97.1 Å². The zero-order valence-electron chi connectivity index (χ0n) is 39.0. The first-order valence-corrected chi connectivity index (χ1v) is 24.5. The summed E-state index contributed by atoms with van der Waals surface area (Å²) in [5.41, 5.74) is 9.63. The van der Waals surface area contributed by atoms with Crippen LogP contribution in [0.2, 0.25) is 0 Å². The number of nitrogens with one attached hydrogen (secondary N) is 4. The molecule has 4 aromatic carbocycles. The number of nitrogens with zero attached hydrogens (tertiary/aromatic N) is 4. The predicted molar refractivity (Wildman–Crippen MR) is 267 cm³/mol. The number of amides is 4. The third-order valence-electron chi connectivity index (χ3n) is 13.7. The van der Waals surface area contributed by atoms with Gasteiger partial charge in [0.2, 0.25) is 17.7 Å². The van der Waals surface area contributed by atoms with Crippen LogP contribution in [0.3, 0.4) is 0 Å². The van der Waals surface area contributed by atoms with Crippen LogP contribution in [0.25, 0.3) is 33.4 Å². The van der Waals surface area contributed by atoms with Crippen LogP contribution in [-0.2, 0) is 27.5 Å². The molecule has 2 aromatic heterocycles. The van der Waals surface area contributed by atoms with Crippen molar-refractivity contribution in [1.29, 1.82) is 5.41 Å². The van der Waals surface area contributed by atoms with E-state index in [2.05, 4.69) is 80.9 Å². The molecule has 1 saturated carbocycles. The monoisotopic (exact) mass is 924 g/mol. The number of aromatic nitrogens is 3. The molecule has 2 aliphatic heterocycles. The van der Waals surface area contributed by atoms with Gasteiger partial charge in [-0.3, -0.25) is 29.9 Å². The highest BCUT2D eigenvalue weighted by molar-refractivity contribution is 6.06. The number of aliphatic hydroxyl groups excluding tert-OH is 1. The van der Waals surface area contributed by atoms with Crippen LogP contribution in [0.4, 0.5) is 5.69 Å². The number of hydrogen-bond acceptors (Lipinski definition) is 8. The van der Waals surface area contributed by atoms with Crippen molar-refractivity contribution in [2.75, 3.05) is 18.4 Å². The second-order valence-corrected chi connectivity index (χ2v) is 18.5. The predicted octanol–water partition coefficient (Wildman–Crippen LogP) is 8.25. The smallest absolute Gasteiger partial charge is 0.255 e. The average Bonchev–Trinajstić information content (AvgIpc) is 3.88. The van der Waals surface area contributed by atoms with E-state index in [-0.39, 0.29) is 36.3 Å². The molecular weight excluding hydrogens is 865 g/mol. The van der Waals surface area contributed by atoms with Crippen molar-refractivity contribution in [3.05, 3.63) is 137 Å². The second kappa shape index (κ2) is 21.8. The number of anilines is 1. The Morgan fingerprint density at radius 1 is 0.826 bits per heavy atom. The fourth-order valence-electron chi connectivity index (χ4n) is 10.1. The molecule has 1 atom stereocenters. The van der Waals surface area contributed by atoms with E-state index in [1.807, 2.05) is 59.4 Å². The van der Waals surface area contributed by atoms with Crippen LogP contribution >= 0.6 is 0 Å². The molecule has 0 spiro atoms. The Kier molecular flexibility index (Phi) is 14.8. The van der Waals surface area contributed by atoms with Crippen molar-refractivity contribution in [2.45, 2.75) is 115 Å². The molecule has 0 bridgehead atoms. The highest BCUT2D eigenvalue weighted by Gasteiger charge is 2.40. The standard InChI is InChI=1S/C56H60N8O5/c57-53-51-50(40-19-7-3-8-20-40)52(41-21-9-4-10-22-41)63(54(51)60-37-64(53)42-26-28-43(65)29-27-42)35-39-18-14-17-38(34-39)16-6-1-2-12-33-59-48(66)25-11-5-13-32-58-46-24-15-23-44-45(46)36-62(56(44)69)47-30-31-49(67)61-55(47)68/h3-4,7-10,14-15,17-24,34,37,42-43,47,57-58,65H,1-2,5,11-13,25-33,35-36H2,(H,59,66)(H,61,67,68). The first kappa shape index (κ1) is 46.8. The number of rotatable bonds is 17. The van der Waals surface area contributed by atoms with Crippen LogP contribution in [0, 0.1) is 17.3 Å². The Balaban J connectivity index is 0.756. The van der Waals surface area contributed by atoms with Gasteiger partial charge in [0.05, 0.1) is 23.5 Å². The van der Waals surface area contributed by atoms with Crippen molar-refractivity contribution >= 4 is 40.3 Å². The fraction of sp³-hybridized carbons (Fsp3) is 0.357. The van der Waals surface area contributed by atoms with Gasteiger partial charge in [0.1, 0.15) is 17.2 Å². The Bertz CT molecular complexity index is 2960. The van der Waals surface area contributed by atoms with E-state index in [4.69, 9.17) is 4.98 Å². The van der Waals surface area contributed by atoms with E-state index in [1.54, 1.807) is 11.0 Å². The van der Waals surface area contributed by atoms with Gasteiger partial charge in [-0.2, -0.15) is 0 Å². The molecule has 4 amide bonds. The minimum Gasteiger partial charge on any atom is -0.393 e. The summed E-state index contributed by atoms with van der Waals surface area (Å²) in [6.45, 7) is 2.18. The van der Waals surface area contributed by atoms with Gasteiger partial charge in [-0.25, -0.2) is 4.98 Å². The largest absolute Gasteiger partial charge is 0.393 e. The summed E-state index contributed by atoms with van der Waals surface area (Å²) in [7, 11) is 0. The summed E-state index contributed by atoms with van der Waals surface area (Å²) in [5, 5.41) is 29.6. The third-order valence-corrected chi connectivity index (χ3v) is 13.7. The number of piperidine rings is 1. The van der Waals surface area contributed by atoms with Crippen molar-refractivity contribution in [2.24, 2.45) is 0 Å². The van der Waals surface area contributed by atoms with E-state index in [1.165, 1.54) is 0 Å². The van der Waals surface area contributed by atoms with E-state index in [0.29, 0.717) is 50.1 Å². The van der Waals surface area contributed by atoms with Gasteiger partial charge < -0.3 is 29.8 Å². The van der Waals surface area contributed by atoms with E-state index in [9.17, 15) is 29.7 Å². The summed E-state index contributed by atoms with van der Waals surface area (Å²) in [4.78, 5) is 56.5. The number of carbonyl (C=O) groups is 4. The average molecular weight is 925 g/mol. The Hall–Kier alpha value is -7.30. The summed E-state index contributed by atoms with van der Waals surface area (Å²) >= 11 is 0. The number of imide groups is 1. The Morgan fingerprint density at radius 3 is 2.36 bits per heavy atom. The van der Waals surface area contributed by atoms with Gasteiger partial charge >= 0.3 is 0 Å². The molecule has 2 fully saturated rings. The van der Waals surface area contributed by atoms with E-state index in [0.717, 1.165) is 120 Å². The molecule has 9 rings (SSSR count). The van der Waals surface area contributed by atoms with Crippen LogP contribution in [-0.4, -0.2) is 73.0 Å². The summed E-state index contributed by atoms with van der Waals surface area (Å²) in [6, 6.07) is 34.1. The van der Waals surface area contributed by atoms with E-state index < -0.39 is 11.9 Å². The van der Waals surface area contributed by atoms with Gasteiger partial charge in [0.25, 0.3) is 5.91 Å². The maximum Gasteiger partial charge on any atom is 0.255 e. The summed E-state index contributed by atoms with van der Waals surface area (Å²) in [6.07, 6.45) is 10.6. The molecule has 69 heavy (non-hydrogen) atoms. The Labute approximate surface area is 402 Å². The lowest BCUT2D eigenvalue weighted by molar-refractivity contribution is -0.137. The molecule has 0 radical (unpaired) electrons. The lowest BCUT2D eigenvalue weighted by Crippen LogP contribution is -2.52. The molecule has 1 saturated heterocycles. The van der Waals surface area contributed by atoms with Gasteiger partial charge in [0.15, 0.2) is 0 Å². The topological polar surface area (TPSA) is 174 Å². The highest BCUT2D eigenvalue weighted by Crippen LogP contribution is 2.40. The first-order chi connectivity index (χ1) is 33.7. The van der Waals surface area contributed by atoms with Crippen molar-refractivity contribution in [3.63, 3.8) is 0 Å². The van der Waals surface area contributed by atoms with Crippen molar-refractivity contribution < 1.29 is 24.3 Å². The highest BCUT2D eigenvalue weighted by atomic mass is 16.3. The lowest BCUT2D eigenvalue weighted by atomic mass is 9.93. The van der Waals surface area contributed by atoms with E-state index >= 15 is 0 Å². The molecule has 13 nitrogen and oxygen atoms in total. The molecule has 1 aliphatic carbocycles. The molecular formula is C56H60N8O5. The molecule has 3 aliphatic rings. The van der Waals surface area contributed by atoms with Gasteiger partial charge in [-0.05, 0) is 98.7 Å². The molecule has 4 heterocycles. The van der Waals surface area contributed by atoms with Gasteiger partial charge in [0, 0.05) is 79.4 Å². The summed E-state index contributed by atoms with van der Waals surface area (Å²) < 4.78 is 4.27. The lowest BCUT2D eigenvalue weighted by Gasteiger charge is -2.29. The first-order valence-electron chi connectivity index (χ1n) is 24.5. The SMILES string of the molecule is N=c1c2c(-c3ccccc3)c(-c3ccccc3)n(Cc3cccc(C#CCCCCNC(=O)CCCCCNc4cccc5c4CN(C4CCC(=O)NC4=O)C5=O)c3)c2ncn1C1CCC(O)CC1. The zero-order valence-corrected chi connectivity index (χ0v) is 39.0. The van der Waals surface area contributed by atoms with Gasteiger partial charge in [-0.15, -0.1) is 0 Å². The van der Waals surface area contributed by atoms with Crippen molar-refractivity contribution in [1.82, 2.24) is 29.7 Å². The molecule has 354 valence electrons. The van der Waals surface area contributed by atoms with Crippen LogP contribution < -0.4 is 21.4 Å². The number of benzene rings is 4. The zero-order chi connectivity index (χ0) is 47.7. The minimum absolute atomic E-state index is 0.0545. The van der Waals surface area contributed by atoms with Crippen LogP contribution in [0.5, 0.6) is 0 Å². The number of fused-ring (bicyclic) bond motifs is 2. The fourth-order valence-corrected chi connectivity index (χ4v) is 10.1. The minimum atomic E-state index is -0.642. The Morgan fingerprint density at radius 2 is 1.58 bits per heavy atom. The molecule has 5 N–H and O–H groups in total.